The topological polar surface area (TPSA) is 47.6 Å². The number of ether oxygens (including phenoxy) is 2. The van der Waals surface area contributed by atoms with E-state index in [2.05, 4.69) is 21.2 Å². The molecule has 1 saturated heterocycles. The fraction of sp³-hybridized carbons (Fsp3) is 0.364. The lowest BCUT2D eigenvalue weighted by Crippen LogP contribution is -2.38. The number of hydrogen-bond acceptors (Lipinski definition) is 3. The van der Waals surface area contributed by atoms with Gasteiger partial charge in [-0.2, -0.15) is 0 Å². The number of anilines is 1. The SMILES string of the molecule is O=C(COC1COC1)Nc1ccc(Br)cc1. The maximum absolute atomic E-state index is 11.5. The Bertz CT molecular complexity index is 362. The summed E-state index contributed by atoms with van der Waals surface area (Å²) in [5, 5.41) is 2.75. The van der Waals surface area contributed by atoms with Crippen molar-refractivity contribution in [2.75, 3.05) is 25.1 Å². The molecule has 0 aliphatic carbocycles. The Morgan fingerprint density at radius 3 is 2.69 bits per heavy atom. The summed E-state index contributed by atoms with van der Waals surface area (Å²) in [7, 11) is 0. The minimum atomic E-state index is -0.144. The first-order valence-electron chi connectivity index (χ1n) is 4.99. The number of nitrogens with one attached hydrogen (secondary N) is 1. The van der Waals surface area contributed by atoms with E-state index in [4.69, 9.17) is 9.47 Å². The summed E-state index contributed by atoms with van der Waals surface area (Å²) in [6.45, 7) is 1.25. The standard InChI is InChI=1S/C11H12BrNO3/c12-8-1-3-9(4-2-8)13-11(14)7-16-10-5-15-6-10/h1-4,10H,5-7H2,(H,13,14). The monoisotopic (exact) mass is 285 g/mol. The fourth-order valence-corrected chi connectivity index (χ4v) is 1.50. The summed E-state index contributed by atoms with van der Waals surface area (Å²) in [5.74, 6) is -0.144. The average molecular weight is 286 g/mol. The van der Waals surface area contributed by atoms with E-state index in [1.165, 1.54) is 0 Å². The van der Waals surface area contributed by atoms with Crippen LogP contribution in [0.5, 0.6) is 0 Å². The molecule has 1 amide bonds. The maximum atomic E-state index is 11.5. The van der Waals surface area contributed by atoms with Crippen LogP contribution in [0.15, 0.2) is 28.7 Å². The largest absolute Gasteiger partial charge is 0.376 e. The Morgan fingerprint density at radius 1 is 1.44 bits per heavy atom. The van der Waals surface area contributed by atoms with E-state index < -0.39 is 0 Å². The number of carbonyl (C=O) groups excluding carboxylic acids is 1. The summed E-state index contributed by atoms with van der Waals surface area (Å²) < 4.78 is 11.2. The van der Waals surface area contributed by atoms with Gasteiger partial charge in [0.25, 0.3) is 0 Å². The van der Waals surface area contributed by atoms with Crippen molar-refractivity contribution in [2.24, 2.45) is 0 Å². The van der Waals surface area contributed by atoms with Crippen LogP contribution in [0, 0.1) is 0 Å². The summed E-state index contributed by atoms with van der Waals surface area (Å²) in [5.41, 5.74) is 0.765. The third-order valence-corrected chi connectivity index (χ3v) is 2.71. The van der Waals surface area contributed by atoms with E-state index >= 15 is 0 Å². The quantitative estimate of drug-likeness (QED) is 0.918. The number of benzene rings is 1. The van der Waals surface area contributed by atoms with Crippen molar-refractivity contribution in [3.63, 3.8) is 0 Å². The number of carbonyl (C=O) groups is 1. The van der Waals surface area contributed by atoms with Crippen LogP contribution in [0.3, 0.4) is 0 Å². The van der Waals surface area contributed by atoms with Crippen molar-refractivity contribution in [1.82, 2.24) is 0 Å². The molecular formula is C11H12BrNO3. The van der Waals surface area contributed by atoms with Gasteiger partial charge in [0.1, 0.15) is 12.7 Å². The minimum absolute atomic E-state index is 0.0735. The first-order chi connectivity index (χ1) is 7.74. The Labute approximate surface area is 102 Å². The molecule has 0 bridgehead atoms. The molecule has 1 aromatic carbocycles. The van der Waals surface area contributed by atoms with Crippen molar-refractivity contribution in [1.29, 1.82) is 0 Å². The number of rotatable bonds is 4. The van der Waals surface area contributed by atoms with Crippen LogP contribution in [0.25, 0.3) is 0 Å². The highest BCUT2D eigenvalue weighted by molar-refractivity contribution is 9.10. The van der Waals surface area contributed by atoms with E-state index in [0.29, 0.717) is 13.2 Å². The summed E-state index contributed by atoms with van der Waals surface area (Å²) in [6.07, 6.45) is 0.0793. The van der Waals surface area contributed by atoms with Gasteiger partial charge in [0.2, 0.25) is 5.91 Å². The molecule has 5 heteroatoms. The van der Waals surface area contributed by atoms with Crippen LogP contribution >= 0.6 is 15.9 Å². The van der Waals surface area contributed by atoms with Crippen LogP contribution in [0.4, 0.5) is 5.69 Å². The first-order valence-corrected chi connectivity index (χ1v) is 5.78. The molecule has 1 fully saturated rings. The highest BCUT2D eigenvalue weighted by Crippen LogP contribution is 2.14. The predicted octanol–water partition coefficient (Wildman–Crippen LogP) is 1.80. The lowest BCUT2D eigenvalue weighted by Gasteiger charge is -2.25. The van der Waals surface area contributed by atoms with Crippen molar-refractivity contribution >= 4 is 27.5 Å². The highest BCUT2D eigenvalue weighted by atomic mass is 79.9. The van der Waals surface area contributed by atoms with Gasteiger partial charge >= 0.3 is 0 Å². The number of amides is 1. The molecule has 2 rings (SSSR count). The van der Waals surface area contributed by atoms with E-state index in [0.717, 1.165) is 10.2 Å². The Morgan fingerprint density at radius 2 is 2.12 bits per heavy atom. The van der Waals surface area contributed by atoms with Gasteiger partial charge in [0.15, 0.2) is 0 Å². The number of halogens is 1. The molecule has 0 atom stereocenters. The Hall–Kier alpha value is -0.910. The van der Waals surface area contributed by atoms with Gasteiger partial charge in [-0.05, 0) is 24.3 Å². The second-order valence-corrected chi connectivity index (χ2v) is 4.44. The smallest absolute Gasteiger partial charge is 0.250 e. The molecule has 1 aromatic rings. The third-order valence-electron chi connectivity index (χ3n) is 2.19. The molecule has 0 spiro atoms. The van der Waals surface area contributed by atoms with Gasteiger partial charge in [-0.15, -0.1) is 0 Å². The second-order valence-electron chi connectivity index (χ2n) is 3.53. The third kappa shape index (κ3) is 3.30. The predicted molar refractivity (Wildman–Crippen MR) is 63.3 cm³/mol. The molecule has 1 aliphatic heterocycles. The molecule has 16 heavy (non-hydrogen) atoms. The lowest BCUT2D eigenvalue weighted by molar-refractivity contribution is -0.144. The Balaban J connectivity index is 1.75. The normalized spacial score (nSPS) is 15.6. The van der Waals surface area contributed by atoms with E-state index in [9.17, 15) is 4.79 Å². The molecule has 1 heterocycles. The Kier molecular flexibility index (Phi) is 3.93. The van der Waals surface area contributed by atoms with Crippen molar-refractivity contribution in [3.05, 3.63) is 28.7 Å². The van der Waals surface area contributed by atoms with Crippen LogP contribution < -0.4 is 5.32 Å². The van der Waals surface area contributed by atoms with Crippen molar-refractivity contribution in [3.8, 4) is 0 Å². The summed E-state index contributed by atoms with van der Waals surface area (Å²) >= 11 is 3.33. The van der Waals surface area contributed by atoms with Gasteiger partial charge in [-0.3, -0.25) is 4.79 Å². The summed E-state index contributed by atoms with van der Waals surface area (Å²) in [4.78, 5) is 11.5. The molecule has 0 aromatic heterocycles. The summed E-state index contributed by atoms with van der Waals surface area (Å²) in [6, 6.07) is 7.40. The van der Waals surface area contributed by atoms with Gasteiger partial charge in [-0.25, -0.2) is 0 Å². The van der Waals surface area contributed by atoms with Crippen LogP contribution in [-0.4, -0.2) is 31.8 Å². The molecule has 0 saturated carbocycles. The minimum Gasteiger partial charge on any atom is -0.376 e. The van der Waals surface area contributed by atoms with Crippen molar-refractivity contribution < 1.29 is 14.3 Å². The maximum Gasteiger partial charge on any atom is 0.250 e. The van der Waals surface area contributed by atoms with Crippen LogP contribution in [0.2, 0.25) is 0 Å². The van der Waals surface area contributed by atoms with Gasteiger partial charge in [0.05, 0.1) is 13.2 Å². The fourth-order valence-electron chi connectivity index (χ4n) is 1.23. The van der Waals surface area contributed by atoms with Gasteiger partial charge < -0.3 is 14.8 Å². The highest BCUT2D eigenvalue weighted by Gasteiger charge is 2.19. The van der Waals surface area contributed by atoms with Gasteiger partial charge in [0, 0.05) is 10.2 Å². The molecule has 4 nitrogen and oxygen atoms in total. The zero-order valence-electron chi connectivity index (χ0n) is 8.61. The second kappa shape index (κ2) is 5.43. The zero-order chi connectivity index (χ0) is 11.4. The van der Waals surface area contributed by atoms with Crippen LogP contribution in [-0.2, 0) is 14.3 Å². The molecule has 86 valence electrons. The average Bonchev–Trinajstić information content (AvgIpc) is 2.19. The van der Waals surface area contributed by atoms with E-state index in [1.54, 1.807) is 0 Å². The molecule has 1 N–H and O–H groups in total. The molecule has 0 radical (unpaired) electrons. The molecule has 0 unspecified atom stereocenters. The molecule has 1 aliphatic rings. The van der Waals surface area contributed by atoms with Crippen LogP contribution in [0.1, 0.15) is 0 Å². The van der Waals surface area contributed by atoms with E-state index in [-0.39, 0.29) is 18.6 Å². The molecular weight excluding hydrogens is 274 g/mol. The first kappa shape index (κ1) is 11.6. The van der Waals surface area contributed by atoms with E-state index in [1.807, 2.05) is 24.3 Å². The van der Waals surface area contributed by atoms with Gasteiger partial charge in [-0.1, -0.05) is 15.9 Å². The van der Waals surface area contributed by atoms with Crippen molar-refractivity contribution in [2.45, 2.75) is 6.10 Å². The number of hydrogen-bond donors (Lipinski definition) is 1. The lowest BCUT2D eigenvalue weighted by atomic mass is 10.3. The zero-order valence-corrected chi connectivity index (χ0v) is 10.2.